The number of carbonyl (C=O) groups is 1. The number of hydrogen-bond acceptors (Lipinski definition) is 4. The molecule has 0 radical (unpaired) electrons. The van der Waals surface area contributed by atoms with E-state index >= 15 is 0 Å². The van der Waals surface area contributed by atoms with Gasteiger partial charge in [-0.2, -0.15) is 0 Å². The van der Waals surface area contributed by atoms with Crippen molar-refractivity contribution in [2.24, 2.45) is 0 Å². The second-order valence-electron chi connectivity index (χ2n) is 7.27. The number of hydrogen-bond donors (Lipinski definition) is 3. The monoisotopic (exact) mass is 455 g/mol. The Balaban J connectivity index is 0.000000424. The lowest BCUT2D eigenvalue weighted by Crippen LogP contribution is -3.17. The van der Waals surface area contributed by atoms with Crippen LogP contribution in [0.3, 0.4) is 0 Å². The molecule has 0 aromatic heterocycles. The zero-order valence-electron chi connectivity index (χ0n) is 17.9. The second kappa shape index (κ2) is 11.9. The summed E-state index contributed by atoms with van der Waals surface area (Å²) in [7, 11) is -4.67. The van der Waals surface area contributed by atoms with E-state index in [-0.39, 0.29) is 5.69 Å². The van der Waals surface area contributed by atoms with Crippen LogP contribution in [0.25, 0.3) is 0 Å². The number of benzene rings is 2. The molecule has 2 aromatic carbocycles. The average Bonchev–Trinajstić information content (AvgIpc) is 2.63. The smallest absolute Gasteiger partial charge is 0.323 e. The molecule has 7 nitrogen and oxygen atoms in total. The van der Waals surface area contributed by atoms with Crippen molar-refractivity contribution in [3.8, 4) is 0 Å². The van der Waals surface area contributed by atoms with Crippen molar-refractivity contribution in [1.29, 1.82) is 0 Å². The van der Waals surface area contributed by atoms with Gasteiger partial charge in [0.2, 0.25) is 0 Å². The quantitative estimate of drug-likeness (QED) is 0.579. The molecule has 0 saturated carbocycles. The van der Waals surface area contributed by atoms with E-state index in [2.05, 4.69) is 45.3 Å². The molecular formula is C21H30ClN3O4S. The first-order valence-corrected chi connectivity index (χ1v) is 11.5. The number of carbonyl (C=O) groups excluding carboxylic acids is 1. The van der Waals surface area contributed by atoms with Crippen LogP contribution < -0.4 is 15.5 Å². The van der Waals surface area contributed by atoms with E-state index in [1.807, 2.05) is 0 Å². The normalized spacial score (nSPS) is 11.3. The highest BCUT2D eigenvalue weighted by atomic mass is 35.5. The van der Waals surface area contributed by atoms with Crippen molar-refractivity contribution in [3.05, 3.63) is 53.6 Å². The topological polar surface area (TPSA) is 103 Å². The Kier molecular flexibility index (Phi) is 10.3. The van der Waals surface area contributed by atoms with Crippen LogP contribution in [0.2, 0.25) is 5.02 Å². The molecule has 0 aliphatic carbocycles. The van der Waals surface area contributed by atoms with Gasteiger partial charge >= 0.3 is 6.03 Å². The number of amides is 2. The van der Waals surface area contributed by atoms with Crippen molar-refractivity contribution >= 4 is 39.1 Å². The lowest BCUT2D eigenvalue weighted by molar-refractivity contribution is -0.940. The summed E-state index contributed by atoms with van der Waals surface area (Å²) in [5.41, 5.74) is 0.387. The van der Waals surface area contributed by atoms with Gasteiger partial charge in [-0.05, 0) is 71.0 Å². The zero-order chi connectivity index (χ0) is 22.9. The SMILES string of the molecule is CC[NH+](C(C)C)C(C)C.O=C(Nc1ccc(Cl)cc1)Nc1ccccc1S(=O)(=O)[O-]. The molecule has 0 bridgehead atoms. The average molecular weight is 456 g/mol. The van der Waals surface area contributed by atoms with Crippen molar-refractivity contribution in [2.75, 3.05) is 17.2 Å². The van der Waals surface area contributed by atoms with Gasteiger partial charge in [-0.25, -0.2) is 13.2 Å². The molecular weight excluding hydrogens is 426 g/mol. The summed E-state index contributed by atoms with van der Waals surface area (Å²) < 4.78 is 33.3. The van der Waals surface area contributed by atoms with Gasteiger partial charge in [0.1, 0.15) is 10.1 Å². The molecule has 3 N–H and O–H groups in total. The van der Waals surface area contributed by atoms with Crippen LogP contribution in [-0.4, -0.2) is 37.6 Å². The summed E-state index contributed by atoms with van der Waals surface area (Å²) in [6.07, 6.45) is 0. The Labute approximate surface area is 184 Å². The predicted octanol–water partition coefficient (Wildman–Crippen LogP) is 3.60. The van der Waals surface area contributed by atoms with Crippen molar-refractivity contribution < 1.29 is 22.7 Å². The minimum atomic E-state index is -4.67. The Hall–Kier alpha value is -2.13. The minimum Gasteiger partial charge on any atom is -0.744 e. The Bertz CT molecular complexity index is 908. The molecule has 0 atom stereocenters. The van der Waals surface area contributed by atoms with Gasteiger partial charge in [0.25, 0.3) is 0 Å². The molecule has 0 aliphatic heterocycles. The predicted molar refractivity (Wildman–Crippen MR) is 120 cm³/mol. The molecule has 0 aliphatic rings. The maximum Gasteiger partial charge on any atom is 0.323 e. The Morgan fingerprint density at radius 2 is 1.53 bits per heavy atom. The molecule has 0 spiro atoms. The Morgan fingerprint density at radius 3 is 1.97 bits per heavy atom. The van der Waals surface area contributed by atoms with Crippen LogP contribution in [0.5, 0.6) is 0 Å². The number of anilines is 2. The maximum absolute atomic E-state index is 11.8. The first-order chi connectivity index (χ1) is 14.0. The third kappa shape index (κ3) is 8.71. The fraction of sp³-hybridized carbons (Fsp3) is 0.381. The Morgan fingerprint density at radius 1 is 1.00 bits per heavy atom. The van der Waals surface area contributed by atoms with E-state index < -0.39 is 21.0 Å². The third-order valence-corrected chi connectivity index (χ3v) is 5.54. The molecule has 9 heteroatoms. The molecule has 166 valence electrons. The van der Waals surface area contributed by atoms with Crippen molar-refractivity contribution in [3.63, 3.8) is 0 Å². The van der Waals surface area contributed by atoms with E-state index in [1.54, 1.807) is 29.2 Å². The summed E-state index contributed by atoms with van der Waals surface area (Å²) in [5.74, 6) is 0. The van der Waals surface area contributed by atoms with Gasteiger partial charge in [0, 0.05) is 10.7 Å². The van der Waals surface area contributed by atoms with Crippen LogP contribution in [0, 0.1) is 0 Å². The number of quaternary nitrogens is 1. The van der Waals surface area contributed by atoms with Crippen LogP contribution in [0.15, 0.2) is 53.4 Å². The second-order valence-corrected chi connectivity index (χ2v) is 9.06. The van der Waals surface area contributed by atoms with E-state index in [1.165, 1.54) is 24.7 Å². The lowest BCUT2D eigenvalue weighted by atomic mass is 10.2. The summed E-state index contributed by atoms with van der Waals surface area (Å²) in [6.45, 7) is 12.6. The highest BCUT2D eigenvalue weighted by Crippen LogP contribution is 2.21. The van der Waals surface area contributed by atoms with Crippen LogP contribution in [0.4, 0.5) is 16.2 Å². The van der Waals surface area contributed by atoms with Crippen molar-refractivity contribution in [1.82, 2.24) is 0 Å². The molecule has 0 heterocycles. The first-order valence-electron chi connectivity index (χ1n) is 9.69. The van der Waals surface area contributed by atoms with Crippen LogP contribution >= 0.6 is 11.6 Å². The summed E-state index contributed by atoms with van der Waals surface area (Å²) in [4.78, 5) is 13.0. The highest BCUT2D eigenvalue weighted by molar-refractivity contribution is 7.86. The fourth-order valence-electron chi connectivity index (χ4n) is 3.09. The first kappa shape index (κ1) is 25.9. The summed E-state index contributed by atoms with van der Waals surface area (Å²) >= 11 is 5.72. The van der Waals surface area contributed by atoms with Crippen LogP contribution in [-0.2, 0) is 10.1 Å². The van der Waals surface area contributed by atoms with Gasteiger partial charge in [0.15, 0.2) is 0 Å². The van der Waals surface area contributed by atoms with E-state index in [0.29, 0.717) is 10.7 Å². The van der Waals surface area contributed by atoms with Gasteiger partial charge in [-0.15, -0.1) is 0 Å². The molecule has 0 fully saturated rings. The number of para-hydroxylation sites is 1. The number of rotatable bonds is 6. The molecule has 30 heavy (non-hydrogen) atoms. The summed E-state index contributed by atoms with van der Waals surface area (Å²) in [6, 6.07) is 12.6. The molecule has 0 unspecified atom stereocenters. The minimum absolute atomic E-state index is 0.0843. The third-order valence-electron chi connectivity index (χ3n) is 4.40. The van der Waals surface area contributed by atoms with Crippen LogP contribution in [0.1, 0.15) is 34.6 Å². The number of halogens is 1. The van der Waals surface area contributed by atoms with E-state index in [0.717, 1.165) is 18.2 Å². The molecule has 2 amide bonds. The molecule has 0 saturated heterocycles. The van der Waals surface area contributed by atoms with Gasteiger partial charge in [0.05, 0.1) is 29.2 Å². The van der Waals surface area contributed by atoms with Gasteiger partial charge in [-0.1, -0.05) is 23.7 Å². The maximum atomic E-state index is 11.8. The van der Waals surface area contributed by atoms with E-state index in [9.17, 15) is 17.8 Å². The lowest BCUT2D eigenvalue weighted by Gasteiger charge is -2.25. The zero-order valence-corrected chi connectivity index (χ0v) is 19.5. The summed E-state index contributed by atoms with van der Waals surface area (Å²) in [5, 5.41) is 5.33. The molecule has 2 rings (SSSR count). The fourth-order valence-corrected chi connectivity index (χ4v) is 3.85. The van der Waals surface area contributed by atoms with Crippen molar-refractivity contribution in [2.45, 2.75) is 51.6 Å². The van der Waals surface area contributed by atoms with Gasteiger partial charge < -0.3 is 20.1 Å². The molecule has 2 aromatic rings. The largest absolute Gasteiger partial charge is 0.744 e. The number of nitrogens with one attached hydrogen (secondary N) is 3. The van der Waals surface area contributed by atoms with Gasteiger partial charge in [-0.3, -0.25) is 0 Å². The highest BCUT2D eigenvalue weighted by Gasteiger charge is 2.13. The number of urea groups is 1. The van der Waals surface area contributed by atoms with E-state index in [4.69, 9.17) is 11.6 Å². The standard InChI is InChI=1S/C13H11ClN2O4S.C8H19N/c14-9-5-7-10(8-6-9)15-13(17)16-11-3-1-2-4-12(11)21(18,19)20;1-6-9(7(2)3)8(4)5/h1-8H,(H2,15,16,17)(H,18,19,20);7-8H,6H2,1-5H3.